The first-order valence-electron chi connectivity index (χ1n) is 9.56. The Morgan fingerprint density at radius 2 is 2.07 bits per heavy atom. The van der Waals surface area contributed by atoms with Gasteiger partial charge in [-0.05, 0) is 67.6 Å². The molecular formula is C22H24FN3O2. The zero-order valence-corrected chi connectivity index (χ0v) is 15.8. The van der Waals surface area contributed by atoms with E-state index in [1.807, 2.05) is 18.2 Å². The maximum atomic E-state index is 13.3. The average Bonchev–Trinajstić information content (AvgIpc) is 3.00. The molecule has 0 aliphatic carbocycles. The van der Waals surface area contributed by atoms with Crippen LogP contribution >= 0.6 is 0 Å². The Morgan fingerprint density at radius 1 is 1.25 bits per heavy atom. The molecule has 3 N–H and O–H groups in total. The molecule has 0 amide bonds. The molecule has 0 saturated carbocycles. The second kappa shape index (κ2) is 8.02. The first kappa shape index (κ1) is 18.5. The van der Waals surface area contributed by atoms with Crippen LogP contribution in [0.5, 0.6) is 5.88 Å². The van der Waals surface area contributed by atoms with Gasteiger partial charge in [0.25, 0.3) is 0 Å². The summed E-state index contributed by atoms with van der Waals surface area (Å²) in [4.78, 5) is 7.27. The van der Waals surface area contributed by atoms with Gasteiger partial charge >= 0.3 is 0 Å². The van der Waals surface area contributed by atoms with E-state index in [9.17, 15) is 9.50 Å². The second-order valence-electron chi connectivity index (χ2n) is 7.27. The van der Waals surface area contributed by atoms with Gasteiger partial charge in [0, 0.05) is 37.0 Å². The number of nitrogens with zero attached hydrogens (tertiary/aromatic N) is 1. The van der Waals surface area contributed by atoms with E-state index in [0.29, 0.717) is 17.0 Å². The van der Waals surface area contributed by atoms with Gasteiger partial charge in [-0.1, -0.05) is 0 Å². The lowest BCUT2D eigenvalue weighted by Crippen LogP contribution is -2.22. The van der Waals surface area contributed by atoms with Crippen molar-refractivity contribution >= 4 is 28.5 Å². The molecule has 1 saturated heterocycles. The van der Waals surface area contributed by atoms with Gasteiger partial charge in [0.05, 0.1) is 16.8 Å². The van der Waals surface area contributed by atoms with Gasteiger partial charge in [-0.2, -0.15) is 0 Å². The molecule has 1 fully saturated rings. The van der Waals surface area contributed by atoms with Gasteiger partial charge in [0.1, 0.15) is 5.82 Å². The molecule has 0 bridgehead atoms. The van der Waals surface area contributed by atoms with Crippen molar-refractivity contribution in [1.82, 2.24) is 4.98 Å². The summed E-state index contributed by atoms with van der Waals surface area (Å²) in [6.45, 7) is 4.71. The fourth-order valence-corrected chi connectivity index (χ4v) is 3.58. The number of aromatic amines is 1. The minimum atomic E-state index is -0.350. The number of halogens is 1. The Balaban J connectivity index is 1.48. The van der Waals surface area contributed by atoms with Crippen LogP contribution in [0.2, 0.25) is 0 Å². The number of H-pyrrole nitrogens is 1. The normalized spacial score (nSPS) is 15.5. The molecule has 4 rings (SSSR count). The van der Waals surface area contributed by atoms with Crippen molar-refractivity contribution < 1.29 is 14.2 Å². The molecule has 0 unspecified atom stereocenters. The zero-order valence-electron chi connectivity index (χ0n) is 15.8. The summed E-state index contributed by atoms with van der Waals surface area (Å²) in [5, 5.41) is 14.4. The molecule has 0 spiro atoms. The van der Waals surface area contributed by atoms with Crippen LogP contribution in [-0.4, -0.2) is 36.1 Å². The number of anilines is 1. The molecule has 2 aromatic carbocycles. The second-order valence-corrected chi connectivity index (χ2v) is 7.27. The summed E-state index contributed by atoms with van der Waals surface area (Å²) < 4.78 is 18.8. The van der Waals surface area contributed by atoms with Gasteiger partial charge in [0.15, 0.2) is 5.88 Å². The molecule has 1 aliphatic rings. The van der Waals surface area contributed by atoms with E-state index < -0.39 is 0 Å². The van der Waals surface area contributed by atoms with E-state index >= 15 is 0 Å². The van der Waals surface area contributed by atoms with Crippen LogP contribution in [0.3, 0.4) is 0 Å². The van der Waals surface area contributed by atoms with Crippen molar-refractivity contribution in [1.29, 1.82) is 0 Å². The molecule has 0 radical (unpaired) electrons. The van der Waals surface area contributed by atoms with Gasteiger partial charge in [-0.15, -0.1) is 0 Å². The minimum absolute atomic E-state index is 0.0178. The van der Waals surface area contributed by atoms with Crippen molar-refractivity contribution in [2.75, 3.05) is 25.1 Å². The Hall–Kier alpha value is -2.86. The smallest absolute Gasteiger partial charge is 0.198 e. The van der Waals surface area contributed by atoms with Gasteiger partial charge in [-0.25, -0.2) is 4.39 Å². The Bertz CT molecular complexity index is 1010. The fraction of sp³-hybridized carbons (Fsp3) is 0.318. The third-order valence-corrected chi connectivity index (χ3v) is 5.25. The molecule has 0 atom stereocenters. The van der Waals surface area contributed by atoms with E-state index in [1.165, 1.54) is 12.1 Å². The van der Waals surface area contributed by atoms with E-state index in [2.05, 4.69) is 22.2 Å². The number of hydrogen-bond donors (Lipinski definition) is 3. The predicted molar refractivity (Wildman–Crippen MR) is 110 cm³/mol. The molecule has 28 heavy (non-hydrogen) atoms. The van der Waals surface area contributed by atoms with Crippen LogP contribution in [0.4, 0.5) is 15.8 Å². The summed E-state index contributed by atoms with van der Waals surface area (Å²) >= 11 is 0. The summed E-state index contributed by atoms with van der Waals surface area (Å²) in [5.41, 5.74) is 4.12. The molecule has 2 heterocycles. The van der Waals surface area contributed by atoms with Crippen LogP contribution in [0.1, 0.15) is 24.0 Å². The highest BCUT2D eigenvalue weighted by atomic mass is 19.1. The van der Waals surface area contributed by atoms with Gasteiger partial charge in [0.2, 0.25) is 0 Å². The van der Waals surface area contributed by atoms with Gasteiger partial charge < -0.3 is 20.1 Å². The summed E-state index contributed by atoms with van der Waals surface area (Å²) in [5.74, 6) is 0.285. The Morgan fingerprint density at radius 3 is 2.86 bits per heavy atom. The van der Waals surface area contributed by atoms with Crippen LogP contribution < -0.4 is 5.32 Å². The van der Waals surface area contributed by atoms with Crippen molar-refractivity contribution in [2.24, 2.45) is 10.9 Å². The predicted octanol–water partition coefficient (Wildman–Crippen LogP) is 4.91. The quantitative estimate of drug-likeness (QED) is 0.550. The number of aryl methyl sites for hydroxylation is 1. The third kappa shape index (κ3) is 4.02. The van der Waals surface area contributed by atoms with Crippen LogP contribution in [0.25, 0.3) is 10.9 Å². The fourth-order valence-electron chi connectivity index (χ4n) is 3.58. The van der Waals surface area contributed by atoms with Crippen LogP contribution in [0.15, 0.2) is 41.4 Å². The maximum Gasteiger partial charge on any atom is 0.198 e. The molecule has 5 nitrogen and oxygen atoms in total. The third-order valence-electron chi connectivity index (χ3n) is 5.25. The number of benzene rings is 2. The largest absolute Gasteiger partial charge is 0.494 e. The molecule has 3 aromatic rings. The number of aliphatic imine (C=N–C) groups is 1. The van der Waals surface area contributed by atoms with Crippen molar-refractivity contribution in [2.45, 2.75) is 19.8 Å². The first-order chi connectivity index (χ1) is 13.6. The molecule has 1 aromatic heterocycles. The number of aromatic nitrogens is 1. The zero-order chi connectivity index (χ0) is 19.5. The standard InChI is InChI=1S/C22H24FN3O2/c1-14-10-17(3-5-20(14)25-12-15-6-8-28-9-7-15)24-13-19-18-4-2-16(23)11-21(18)26-22(19)27/h2-5,10-11,13,15,25-27H,6-9,12H2,1H3. The number of rotatable bonds is 5. The van der Waals surface area contributed by atoms with E-state index in [0.717, 1.165) is 54.9 Å². The molecule has 146 valence electrons. The molecular weight excluding hydrogens is 357 g/mol. The lowest BCUT2D eigenvalue weighted by Gasteiger charge is -2.23. The number of ether oxygens (including phenoxy) is 1. The van der Waals surface area contributed by atoms with E-state index in [4.69, 9.17) is 4.74 Å². The Kier molecular flexibility index (Phi) is 5.30. The number of aromatic hydroxyl groups is 1. The monoisotopic (exact) mass is 381 g/mol. The lowest BCUT2D eigenvalue weighted by molar-refractivity contribution is 0.0699. The maximum absolute atomic E-state index is 13.3. The SMILES string of the molecule is Cc1cc(N=Cc2c(O)[nH]c3cc(F)ccc23)ccc1NCC1CCOCC1. The summed E-state index contributed by atoms with van der Waals surface area (Å²) in [7, 11) is 0. The molecule has 6 heteroatoms. The summed E-state index contributed by atoms with van der Waals surface area (Å²) in [6.07, 6.45) is 3.81. The average molecular weight is 381 g/mol. The topological polar surface area (TPSA) is 69.6 Å². The van der Waals surface area contributed by atoms with Gasteiger partial charge in [-0.3, -0.25) is 4.99 Å². The highest BCUT2D eigenvalue weighted by Crippen LogP contribution is 2.28. The van der Waals surface area contributed by atoms with E-state index in [1.54, 1.807) is 12.3 Å². The van der Waals surface area contributed by atoms with Crippen molar-refractivity contribution in [3.05, 3.63) is 53.3 Å². The number of hydrogen-bond acceptors (Lipinski definition) is 4. The highest BCUT2D eigenvalue weighted by Gasteiger charge is 2.14. The van der Waals surface area contributed by atoms with Crippen molar-refractivity contribution in [3.8, 4) is 5.88 Å². The molecule has 1 aliphatic heterocycles. The highest BCUT2D eigenvalue weighted by molar-refractivity contribution is 6.02. The first-order valence-corrected chi connectivity index (χ1v) is 9.56. The number of fused-ring (bicyclic) bond motifs is 1. The van der Waals surface area contributed by atoms with Crippen LogP contribution in [0, 0.1) is 18.7 Å². The van der Waals surface area contributed by atoms with E-state index in [-0.39, 0.29) is 11.7 Å². The van der Waals surface area contributed by atoms with Crippen LogP contribution in [-0.2, 0) is 4.74 Å². The minimum Gasteiger partial charge on any atom is -0.494 e. The Labute approximate surface area is 163 Å². The number of nitrogens with one attached hydrogen (secondary N) is 2. The van der Waals surface area contributed by atoms with Crippen molar-refractivity contribution in [3.63, 3.8) is 0 Å². The summed E-state index contributed by atoms with van der Waals surface area (Å²) in [6, 6.07) is 10.4. The lowest BCUT2D eigenvalue weighted by atomic mass is 10.00.